The van der Waals surface area contributed by atoms with E-state index in [9.17, 15) is 13.2 Å². The normalized spacial score (nSPS) is 12.0. The third-order valence-corrected chi connectivity index (χ3v) is 2.88. The van der Waals surface area contributed by atoms with Crippen molar-refractivity contribution in [3.63, 3.8) is 0 Å². The molecule has 0 amide bonds. The van der Waals surface area contributed by atoms with Crippen molar-refractivity contribution in [3.8, 4) is 0 Å². The van der Waals surface area contributed by atoms with Gasteiger partial charge in [-0.3, -0.25) is 0 Å². The SMILES string of the molecule is Cc1ccccc1/C=C/c1ccc(C(F)(F)F)cc1. The van der Waals surface area contributed by atoms with Gasteiger partial charge in [0.1, 0.15) is 0 Å². The number of rotatable bonds is 2. The maximum atomic E-state index is 12.4. The molecule has 0 nitrogen and oxygen atoms in total. The van der Waals surface area contributed by atoms with Gasteiger partial charge in [-0.15, -0.1) is 0 Å². The topological polar surface area (TPSA) is 0 Å². The minimum atomic E-state index is -4.28. The first-order valence-electron chi connectivity index (χ1n) is 5.88. The summed E-state index contributed by atoms with van der Waals surface area (Å²) in [5, 5.41) is 0. The molecule has 3 heteroatoms. The fourth-order valence-corrected chi connectivity index (χ4v) is 1.74. The molecule has 2 rings (SSSR count). The molecule has 0 spiro atoms. The Bertz CT molecular complexity index is 578. The second-order valence-electron chi connectivity index (χ2n) is 4.31. The van der Waals surface area contributed by atoms with Crippen LogP contribution in [0.3, 0.4) is 0 Å². The van der Waals surface area contributed by atoms with Gasteiger partial charge in [0.05, 0.1) is 5.56 Å². The number of hydrogen-bond donors (Lipinski definition) is 0. The van der Waals surface area contributed by atoms with Crippen LogP contribution in [0.2, 0.25) is 0 Å². The fourth-order valence-electron chi connectivity index (χ4n) is 1.74. The van der Waals surface area contributed by atoms with Crippen LogP contribution < -0.4 is 0 Å². The van der Waals surface area contributed by atoms with E-state index in [0.717, 1.165) is 28.8 Å². The highest BCUT2D eigenvalue weighted by atomic mass is 19.4. The van der Waals surface area contributed by atoms with Gasteiger partial charge in [-0.2, -0.15) is 13.2 Å². The van der Waals surface area contributed by atoms with Crippen molar-refractivity contribution in [2.45, 2.75) is 13.1 Å². The summed E-state index contributed by atoms with van der Waals surface area (Å²) < 4.78 is 37.2. The fraction of sp³-hybridized carbons (Fsp3) is 0.125. The molecular formula is C16H13F3. The summed E-state index contributed by atoms with van der Waals surface area (Å²) in [6, 6.07) is 13.0. The quantitative estimate of drug-likeness (QED) is 0.654. The molecule has 19 heavy (non-hydrogen) atoms. The Labute approximate surface area is 110 Å². The van der Waals surface area contributed by atoms with Crippen molar-refractivity contribution >= 4 is 12.2 Å². The van der Waals surface area contributed by atoms with Crippen LogP contribution in [0.15, 0.2) is 48.5 Å². The summed E-state index contributed by atoms with van der Waals surface area (Å²) in [4.78, 5) is 0. The van der Waals surface area contributed by atoms with Gasteiger partial charge in [0.15, 0.2) is 0 Å². The summed E-state index contributed by atoms with van der Waals surface area (Å²) in [6.45, 7) is 1.99. The lowest BCUT2D eigenvalue weighted by atomic mass is 10.1. The third-order valence-electron chi connectivity index (χ3n) is 2.88. The first kappa shape index (κ1) is 13.4. The number of benzene rings is 2. The van der Waals surface area contributed by atoms with Gasteiger partial charge in [-0.25, -0.2) is 0 Å². The molecule has 0 atom stereocenters. The van der Waals surface area contributed by atoms with Crippen molar-refractivity contribution in [1.29, 1.82) is 0 Å². The Morgan fingerprint density at radius 3 is 2.05 bits per heavy atom. The molecule has 0 N–H and O–H groups in total. The molecule has 98 valence electrons. The van der Waals surface area contributed by atoms with E-state index in [2.05, 4.69) is 0 Å². The molecule has 0 unspecified atom stereocenters. The Morgan fingerprint density at radius 1 is 0.842 bits per heavy atom. The minimum Gasteiger partial charge on any atom is -0.166 e. The molecule has 0 aliphatic carbocycles. The van der Waals surface area contributed by atoms with Crippen LogP contribution >= 0.6 is 0 Å². The number of alkyl halides is 3. The zero-order valence-electron chi connectivity index (χ0n) is 10.4. The Morgan fingerprint density at radius 2 is 1.47 bits per heavy atom. The molecule has 0 radical (unpaired) electrons. The van der Waals surface area contributed by atoms with Crippen LogP contribution in [-0.4, -0.2) is 0 Å². The first-order valence-corrected chi connectivity index (χ1v) is 5.88. The summed E-state index contributed by atoms with van der Waals surface area (Å²) in [7, 11) is 0. The lowest BCUT2D eigenvalue weighted by Crippen LogP contribution is -2.03. The van der Waals surface area contributed by atoms with Gasteiger partial charge in [0, 0.05) is 0 Å². The van der Waals surface area contributed by atoms with Crippen LogP contribution in [0, 0.1) is 6.92 Å². The van der Waals surface area contributed by atoms with Gasteiger partial charge in [0.2, 0.25) is 0 Å². The molecule has 0 heterocycles. The molecule has 0 aliphatic heterocycles. The van der Waals surface area contributed by atoms with Crippen LogP contribution in [0.5, 0.6) is 0 Å². The van der Waals surface area contributed by atoms with Gasteiger partial charge in [-0.1, -0.05) is 48.6 Å². The number of hydrogen-bond acceptors (Lipinski definition) is 0. The molecule has 0 aromatic heterocycles. The Kier molecular flexibility index (Phi) is 3.74. The maximum Gasteiger partial charge on any atom is 0.416 e. The van der Waals surface area contributed by atoms with Crippen molar-refractivity contribution in [1.82, 2.24) is 0 Å². The average molecular weight is 262 g/mol. The van der Waals surface area contributed by atoms with Gasteiger partial charge >= 0.3 is 6.18 Å². The predicted molar refractivity (Wildman–Crippen MR) is 71.6 cm³/mol. The van der Waals surface area contributed by atoms with Crippen LogP contribution in [-0.2, 0) is 6.18 Å². The molecule has 0 fully saturated rings. The summed E-state index contributed by atoms with van der Waals surface area (Å²) >= 11 is 0. The average Bonchev–Trinajstić information content (AvgIpc) is 2.37. The highest BCUT2D eigenvalue weighted by molar-refractivity contribution is 5.71. The molecule has 0 aliphatic rings. The Balaban J connectivity index is 2.19. The van der Waals surface area contributed by atoms with E-state index < -0.39 is 11.7 Å². The Hall–Kier alpha value is -2.03. The molecule has 0 saturated heterocycles. The van der Waals surface area contributed by atoms with Gasteiger partial charge in [0.25, 0.3) is 0 Å². The van der Waals surface area contributed by atoms with E-state index in [1.54, 1.807) is 0 Å². The first-order chi connectivity index (χ1) is 8.97. The second-order valence-corrected chi connectivity index (χ2v) is 4.31. The van der Waals surface area contributed by atoms with Crippen LogP contribution in [0.25, 0.3) is 12.2 Å². The van der Waals surface area contributed by atoms with E-state index in [1.807, 2.05) is 43.3 Å². The minimum absolute atomic E-state index is 0.624. The van der Waals surface area contributed by atoms with Crippen molar-refractivity contribution in [2.75, 3.05) is 0 Å². The zero-order valence-corrected chi connectivity index (χ0v) is 10.4. The number of aryl methyl sites for hydroxylation is 1. The largest absolute Gasteiger partial charge is 0.416 e. The monoisotopic (exact) mass is 262 g/mol. The van der Waals surface area contributed by atoms with Gasteiger partial charge in [-0.05, 0) is 35.7 Å². The summed E-state index contributed by atoms with van der Waals surface area (Å²) in [6.07, 6.45) is -0.571. The summed E-state index contributed by atoms with van der Waals surface area (Å²) in [5.41, 5.74) is 2.31. The summed E-state index contributed by atoms with van der Waals surface area (Å²) in [5.74, 6) is 0. The van der Waals surface area contributed by atoms with Gasteiger partial charge < -0.3 is 0 Å². The maximum absolute atomic E-state index is 12.4. The molecule has 2 aromatic rings. The molecule has 2 aromatic carbocycles. The van der Waals surface area contributed by atoms with E-state index >= 15 is 0 Å². The van der Waals surface area contributed by atoms with E-state index in [1.165, 1.54) is 12.1 Å². The van der Waals surface area contributed by atoms with Crippen LogP contribution in [0.4, 0.5) is 13.2 Å². The second kappa shape index (κ2) is 5.31. The van der Waals surface area contributed by atoms with Crippen LogP contribution in [0.1, 0.15) is 22.3 Å². The van der Waals surface area contributed by atoms with E-state index in [-0.39, 0.29) is 0 Å². The molecule has 0 saturated carbocycles. The van der Waals surface area contributed by atoms with E-state index in [4.69, 9.17) is 0 Å². The third kappa shape index (κ3) is 3.47. The molecular weight excluding hydrogens is 249 g/mol. The van der Waals surface area contributed by atoms with E-state index in [0.29, 0.717) is 0 Å². The lowest BCUT2D eigenvalue weighted by molar-refractivity contribution is -0.137. The standard InChI is InChI=1S/C16H13F3/c1-12-4-2-3-5-14(12)9-6-13-7-10-15(11-8-13)16(17,18)19/h2-11H,1H3/b9-6+. The zero-order chi connectivity index (χ0) is 13.9. The highest BCUT2D eigenvalue weighted by Crippen LogP contribution is 2.29. The molecule has 0 bridgehead atoms. The van der Waals surface area contributed by atoms with Crippen molar-refractivity contribution in [2.24, 2.45) is 0 Å². The number of halogens is 3. The smallest absolute Gasteiger partial charge is 0.166 e. The predicted octanol–water partition coefficient (Wildman–Crippen LogP) is 5.18. The van der Waals surface area contributed by atoms with Crippen molar-refractivity contribution < 1.29 is 13.2 Å². The van der Waals surface area contributed by atoms with Crippen molar-refractivity contribution in [3.05, 3.63) is 70.8 Å². The lowest BCUT2D eigenvalue weighted by Gasteiger charge is -2.06. The highest BCUT2D eigenvalue weighted by Gasteiger charge is 2.29.